The van der Waals surface area contributed by atoms with E-state index in [1.165, 1.54) is 22.9 Å². The van der Waals surface area contributed by atoms with E-state index in [0.717, 1.165) is 54.1 Å². The normalized spacial score (nSPS) is 18.0. The van der Waals surface area contributed by atoms with E-state index in [-0.39, 0.29) is 0 Å². The highest BCUT2D eigenvalue weighted by Crippen LogP contribution is 2.26. The zero-order valence-electron chi connectivity index (χ0n) is 18.4. The van der Waals surface area contributed by atoms with E-state index in [4.69, 9.17) is 16.6 Å². The largest absolute Gasteiger partial charge is 0.323 e. The second-order valence-corrected chi connectivity index (χ2v) is 11.3. The van der Waals surface area contributed by atoms with Gasteiger partial charge in [0.25, 0.3) is 0 Å². The lowest BCUT2D eigenvalue weighted by molar-refractivity contribution is 0.256. The highest BCUT2D eigenvalue weighted by Gasteiger charge is 2.26. The summed E-state index contributed by atoms with van der Waals surface area (Å²) in [5, 5.41) is 0.735. The zero-order chi connectivity index (χ0) is 22.2. The third-order valence-corrected chi connectivity index (χ3v) is 7.95. The molecule has 0 amide bonds. The maximum atomic E-state index is 12.0. The number of rotatable bonds is 6. The van der Waals surface area contributed by atoms with Gasteiger partial charge in [-0.3, -0.25) is 0 Å². The van der Waals surface area contributed by atoms with Crippen LogP contribution in [0.25, 0.3) is 11.0 Å². The molecule has 2 aromatic carbocycles. The Bertz CT molecular complexity index is 1190. The first-order chi connectivity index (χ1) is 14.7. The van der Waals surface area contributed by atoms with E-state index in [1.54, 1.807) is 4.31 Å². The Labute approximate surface area is 190 Å². The molecular weight excluding hydrogens is 430 g/mol. The summed E-state index contributed by atoms with van der Waals surface area (Å²) in [5.41, 5.74) is 5.85. The number of imidazole rings is 1. The third-order valence-electron chi connectivity index (χ3n) is 6.42. The number of sulfonamides is 1. The lowest BCUT2D eigenvalue weighted by Gasteiger charge is -2.30. The number of fused-ring (bicyclic) bond motifs is 1. The molecule has 1 atom stereocenters. The van der Waals surface area contributed by atoms with E-state index in [2.05, 4.69) is 42.7 Å². The highest BCUT2D eigenvalue weighted by atomic mass is 35.5. The van der Waals surface area contributed by atoms with Crippen molar-refractivity contribution in [3.05, 3.63) is 63.9 Å². The van der Waals surface area contributed by atoms with Crippen LogP contribution < -0.4 is 0 Å². The lowest BCUT2D eigenvalue weighted by Crippen LogP contribution is -2.39. The first-order valence-corrected chi connectivity index (χ1v) is 13.1. The van der Waals surface area contributed by atoms with Gasteiger partial charge in [0.2, 0.25) is 10.0 Å². The summed E-state index contributed by atoms with van der Waals surface area (Å²) in [5.74, 6) is 1.43. The Balaban J connectivity index is 1.61. The monoisotopic (exact) mass is 459 g/mol. The topological polar surface area (TPSA) is 55.2 Å². The van der Waals surface area contributed by atoms with E-state index in [1.807, 2.05) is 12.1 Å². The van der Waals surface area contributed by atoms with E-state index < -0.39 is 10.0 Å². The summed E-state index contributed by atoms with van der Waals surface area (Å²) < 4.78 is 27.9. The predicted molar refractivity (Wildman–Crippen MR) is 127 cm³/mol. The number of aromatic nitrogens is 2. The SMILES string of the molecule is Cc1cc2nc(CCC3CCCN(S(C)(=O)=O)C3)n(Cc3ccc(Cl)cc3)c2cc1C. The minimum atomic E-state index is -3.12. The van der Waals surface area contributed by atoms with Gasteiger partial charge in [-0.25, -0.2) is 17.7 Å². The van der Waals surface area contributed by atoms with Crippen molar-refractivity contribution in [1.82, 2.24) is 13.9 Å². The molecule has 166 valence electrons. The molecule has 1 aliphatic rings. The molecule has 0 spiro atoms. The summed E-state index contributed by atoms with van der Waals surface area (Å²) >= 11 is 6.07. The molecule has 0 aliphatic carbocycles. The average Bonchev–Trinajstić information content (AvgIpc) is 3.04. The number of hydrogen-bond donors (Lipinski definition) is 0. The Morgan fingerprint density at radius 3 is 2.55 bits per heavy atom. The first kappa shape index (κ1) is 22.3. The van der Waals surface area contributed by atoms with E-state index in [0.29, 0.717) is 19.0 Å². The molecule has 1 saturated heterocycles. The first-order valence-electron chi connectivity index (χ1n) is 10.9. The molecule has 0 bridgehead atoms. The second kappa shape index (κ2) is 8.93. The van der Waals surface area contributed by atoms with Gasteiger partial charge in [-0.05, 0) is 80.0 Å². The van der Waals surface area contributed by atoms with Gasteiger partial charge in [0.05, 0.1) is 17.3 Å². The van der Waals surface area contributed by atoms with Crippen LogP contribution in [0.4, 0.5) is 0 Å². The standard InChI is InChI=1S/C24H30ClN3O2S/c1-17-13-22-23(14-18(17)2)28(16-20-6-9-21(25)10-7-20)24(26-22)11-8-19-5-4-12-27(15-19)31(3,29)30/h6-7,9-10,13-14,19H,4-5,8,11-12,15-16H2,1-3H3. The fourth-order valence-electron chi connectivity index (χ4n) is 4.47. The van der Waals surface area contributed by atoms with Crippen LogP contribution in [0.5, 0.6) is 0 Å². The Hall–Kier alpha value is -1.89. The van der Waals surface area contributed by atoms with Gasteiger partial charge in [0, 0.05) is 31.1 Å². The lowest BCUT2D eigenvalue weighted by atomic mass is 9.94. The van der Waals surface area contributed by atoms with Crippen molar-refractivity contribution in [1.29, 1.82) is 0 Å². The molecule has 1 aliphatic heterocycles. The molecule has 0 radical (unpaired) electrons. The van der Waals surface area contributed by atoms with Crippen molar-refractivity contribution in [3.63, 3.8) is 0 Å². The molecule has 1 unspecified atom stereocenters. The summed E-state index contributed by atoms with van der Waals surface area (Å²) in [6.45, 7) is 6.26. The fourth-order valence-corrected chi connectivity index (χ4v) is 5.53. The quantitative estimate of drug-likeness (QED) is 0.523. The molecule has 4 rings (SSSR count). The van der Waals surface area contributed by atoms with Crippen LogP contribution in [0.1, 0.15) is 41.8 Å². The van der Waals surface area contributed by atoms with E-state index in [9.17, 15) is 8.42 Å². The highest BCUT2D eigenvalue weighted by molar-refractivity contribution is 7.88. The summed E-state index contributed by atoms with van der Waals surface area (Å²) in [7, 11) is -3.12. The van der Waals surface area contributed by atoms with Gasteiger partial charge in [0.1, 0.15) is 5.82 Å². The smallest absolute Gasteiger partial charge is 0.211 e. The molecule has 0 N–H and O–H groups in total. The van der Waals surface area contributed by atoms with Crippen LogP contribution in [0.2, 0.25) is 5.02 Å². The number of nitrogens with zero attached hydrogens (tertiary/aromatic N) is 3. The van der Waals surface area contributed by atoms with Gasteiger partial charge in [-0.15, -0.1) is 0 Å². The average molecular weight is 460 g/mol. The maximum Gasteiger partial charge on any atom is 0.211 e. The molecule has 0 saturated carbocycles. The third kappa shape index (κ3) is 5.13. The van der Waals surface area contributed by atoms with Crippen LogP contribution >= 0.6 is 11.6 Å². The minimum absolute atomic E-state index is 0.371. The second-order valence-electron chi connectivity index (χ2n) is 8.83. The molecule has 5 nitrogen and oxygen atoms in total. The number of benzene rings is 2. The Morgan fingerprint density at radius 2 is 1.84 bits per heavy atom. The molecule has 31 heavy (non-hydrogen) atoms. The maximum absolute atomic E-state index is 12.0. The van der Waals surface area contributed by atoms with Gasteiger partial charge >= 0.3 is 0 Å². The number of piperidine rings is 1. The van der Waals surface area contributed by atoms with Crippen LogP contribution in [-0.2, 0) is 23.0 Å². The van der Waals surface area contributed by atoms with Crippen molar-refractivity contribution >= 4 is 32.7 Å². The molecule has 1 aromatic heterocycles. The van der Waals surface area contributed by atoms with Crippen molar-refractivity contribution < 1.29 is 8.42 Å². The minimum Gasteiger partial charge on any atom is -0.323 e. The van der Waals surface area contributed by atoms with Gasteiger partial charge in [0.15, 0.2) is 0 Å². The molecular formula is C24H30ClN3O2S. The van der Waals surface area contributed by atoms with Gasteiger partial charge < -0.3 is 4.57 Å². The van der Waals surface area contributed by atoms with Crippen molar-refractivity contribution in [2.75, 3.05) is 19.3 Å². The number of hydrogen-bond acceptors (Lipinski definition) is 3. The van der Waals surface area contributed by atoms with Gasteiger partial charge in [-0.1, -0.05) is 23.7 Å². The van der Waals surface area contributed by atoms with Crippen LogP contribution in [0, 0.1) is 19.8 Å². The zero-order valence-corrected chi connectivity index (χ0v) is 20.0. The molecule has 3 aromatic rings. The van der Waals surface area contributed by atoms with Crippen LogP contribution in [0.3, 0.4) is 0 Å². The Morgan fingerprint density at radius 1 is 1.13 bits per heavy atom. The van der Waals surface area contributed by atoms with Crippen molar-refractivity contribution in [2.24, 2.45) is 5.92 Å². The summed E-state index contributed by atoms with van der Waals surface area (Å²) in [6.07, 6.45) is 5.08. The van der Waals surface area contributed by atoms with Crippen molar-refractivity contribution in [2.45, 2.75) is 46.1 Å². The van der Waals surface area contributed by atoms with Crippen molar-refractivity contribution in [3.8, 4) is 0 Å². The molecule has 2 heterocycles. The summed E-state index contributed by atoms with van der Waals surface area (Å²) in [4.78, 5) is 4.99. The molecule has 1 fully saturated rings. The number of aryl methyl sites for hydroxylation is 3. The van der Waals surface area contributed by atoms with E-state index >= 15 is 0 Å². The fraction of sp³-hybridized carbons (Fsp3) is 0.458. The van der Waals surface area contributed by atoms with Crippen LogP contribution in [-0.4, -0.2) is 41.6 Å². The Kier molecular flexibility index (Phi) is 6.42. The number of halogens is 1. The van der Waals surface area contributed by atoms with Crippen LogP contribution in [0.15, 0.2) is 36.4 Å². The molecule has 7 heteroatoms. The predicted octanol–water partition coefficient (Wildman–Crippen LogP) is 4.96. The summed E-state index contributed by atoms with van der Waals surface area (Å²) in [6, 6.07) is 12.4. The van der Waals surface area contributed by atoms with Gasteiger partial charge in [-0.2, -0.15) is 0 Å².